The topological polar surface area (TPSA) is 42.4 Å². The summed E-state index contributed by atoms with van der Waals surface area (Å²) in [5, 5.41) is 1.37. The van der Waals surface area contributed by atoms with E-state index >= 15 is 0 Å². The van der Waals surface area contributed by atoms with Crippen LogP contribution in [-0.4, -0.2) is 36.0 Å². The summed E-state index contributed by atoms with van der Waals surface area (Å²) in [6, 6.07) is 13.6. The van der Waals surface area contributed by atoms with Crippen molar-refractivity contribution in [2.24, 2.45) is 0 Å². The fourth-order valence-electron chi connectivity index (χ4n) is 2.47. The Kier molecular flexibility index (Phi) is 6.08. The largest absolute Gasteiger partial charge is 0.489 e. The Labute approximate surface area is 166 Å². The van der Waals surface area contributed by atoms with Crippen LogP contribution in [0.15, 0.2) is 48.5 Å². The van der Waals surface area contributed by atoms with E-state index in [9.17, 15) is 9.18 Å². The third-order valence-electron chi connectivity index (χ3n) is 3.93. The molecule has 4 nitrogen and oxygen atoms in total. The number of hydrogen-bond acceptors (Lipinski definition) is 4. The predicted molar refractivity (Wildman–Crippen MR) is 106 cm³/mol. The molecule has 0 fully saturated rings. The summed E-state index contributed by atoms with van der Waals surface area (Å²) in [4.78, 5) is 19.3. The molecule has 0 saturated carbocycles. The van der Waals surface area contributed by atoms with Crippen LogP contribution in [0.5, 0.6) is 5.75 Å². The van der Waals surface area contributed by atoms with Crippen LogP contribution in [0.4, 0.5) is 4.39 Å². The molecule has 0 aliphatic heterocycles. The molecule has 7 heteroatoms. The highest BCUT2D eigenvalue weighted by molar-refractivity contribution is 7.17. The summed E-state index contributed by atoms with van der Waals surface area (Å²) >= 11 is 7.36. The number of carbonyl (C=O) groups is 1. The highest BCUT2D eigenvalue weighted by atomic mass is 35.5. The minimum absolute atomic E-state index is 0.143. The van der Waals surface area contributed by atoms with Gasteiger partial charge in [0.2, 0.25) is 0 Å². The number of aromatic nitrogens is 1. The monoisotopic (exact) mass is 404 g/mol. The molecule has 0 unspecified atom stereocenters. The molecular weight excluding hydrogens is 387 g/mol. The van der Waals surface area contributed by atoms with Crippen LogP contribution >= 0.6 is 22.9 Å². The van der Waals surface area contributed by atoms with Gasteiger partial charge in [-0.3, -0.25) is 4.79 Å². The van der Waals surface area contributed by atoms with Crippen molar-refractivity contribution in [2.75, 3.05) is 20.2 Å². The number of para-hydroxylation sites is 1. The Morgan fingerprint density at radius 3 is 2.78 bits per heavy atom. The highest BCUT2D eigenvalue weighted by Gasteiger charge is 2.20. The zero-order chi connectivity index (χ0) is 19.4. The summed E-state index contributed by atoms with van der Waals surface area (Å²) in [6.07, 6.45) is 0. The lowest BCUT2D eigenvalue weighted by Crippen LogP contribution is -2.30. The summed E-state index contributed by atoms with van der Waals surface area (Å²) in [5.41, 5.74) is 1.54. The molecule has 0 saturated heterocycles. The van der Waals surface area contributed by atoms with E-state index in [0.717, 1.165) is 10.6 Å². The number of benzene rings is 2. The van der Waals surface area contributed by atoms with Crippen molar-refractivity contribution in [3.05, 3.63) is 69.9 Å². The highest BCUT2D eigenvalue weighted by Crippen LogP contribution is 2.30. The Hall–Kier alpha value is -2.44. The van der Waals surface area contributed by atoms with Gasteiger partial charge in [-0.2, -0.15) is 0 Å². The first kappa shape index (κ1) is 19.3. The molecule has 0 radical (unpaired) electrons. The maximum Gasteiger partial charge on any atom is 0.265 e. The Morgan fingerprint density at radius 2 is 2.04 bits per heavy atom. The van der Waals surface area contributed by atoms with Gasteiger partial charge in [0, 0.05) is 17.6 Å². The van der Waals surface area contributed by atoms with Crippen LogP contribution in [0, 0.1) is 12.7 Å². The van der Waals surface area contributed by atoms with Crippen molar-refractivity contribution in [3.8, 4) is 16.3 Å². The van der Waals surface area contributed by atoms with Crippen LogP contribution in [0.3, 0.4) is 0 Å². The molecule has 3 rings (SSSR count). The number of amides is 1. The number of thiazole rings is 1. The molecule has 1 heterocycles. The van der Waals surface area contributed by atoms with Crippen LogP contribution in [0.25, 0.3) is 10.6 Å². The van der Waals surface area contributed by atoms with Crippen molar-refractivity contribution < 1.29 is 13.9 Å². The number of aryl methyl sites for hydroxylation is 1. The number of hydrogen-bond donors (Lipinski definition) is 0. The van der Waals surface area contributed by atoms with Gasteiger partial charge in [-0.15, -0.1) is 11.3 Å². The van der Waals surface area contributed by atoms with Crippen LogP contribution < -0.4 is 4.74 Å². The van der Waals surface area contributed by atoms with Gasteiger partial charge in [0.15, 0.2) is 11.6 Å². The van der Waals surface area contributed by atoms with E-state index in [1.54, 1.807) is 36.2 Å². The number of rotatable bonds is 6. The van der Waals surface area contributed by atoms with Gasteiger partial charge in [0.1, 0.15) is 16.5 Å². The van der Waals surface area contributed by atoms with Crippen molar-refractivity contribution >= 4 is 28.8 Å². The van der Waals surface area contributed by atoms with Gasteiger partial charge < -0.3 is 9.64 Å². The number of carbonyl (C=O) groups excluding carboxylic acids is 1. The zero-order valence-corrected chi connectivity index (χ0v) is 16.5. The quantitative estimate of drug-likeness (QED) is 0.576. The van der Waals surface area contributed by atoms with E-state index in [1.165, 1.54) is 17.4 Å². The van der Waals surface area contributed by atoms with Crippen molar-refractivity contribution in [1.82, 2.24) is 9.88 Å². The lowest BCUT2D eigenvalue weighted by molar-refractivity contribution is 0.0776. The molecule has 140 valence electrons. The van der Waals surface area contributed by atoms with Gasteiger partial charge in [-0.25, -0.2) is 9.37 Å². The second kappa shape index (κ2) is 8.50. The van der Waals surface area contributed by atoms with Crippen LogP contribution in [-0.2, 0) is 0 Å². The SMILES string of the molecule is Cc1nc(-c2cccc(Cl)c2)sc1C(=O)N(C)CCOc1ccccc1F. The Balaban J connectivity index is 1.65. The normalized spacial score (nSPS) is 10.7. The standard InChI is InChI=1S/C20H18ClFN2O2S/c1-13-18(27-19(23-13)14-6-5-7-15(21)12-14)20(25)24(2)10-11-26-17-9-4-3-8-16(17)22/h3-9,12H,10-11H2,1-2H3. The first-order valence-corrected chi connectivity index (χ1v) is 9.51. The average Bonchev–Trinajstić information content (AvgIpc) is 3.04. The predicted octanol–water partition coefficient (Wildman–Crippen LogP) is 5.06. The summed E-state index contributed by atoms with van der Waals surface area (Å²) < 4.78 is 19.0. The number of nitrogens with zero attached hydrogens (tertiary/aromatic N) is 2. The smallest absolute Gasteiger partial charge is 0.265 e. The van der Waals surface area contributed by atoms with Gasteiger partial charge in [0.05, 0.1) is 12.2 Å². The minimum atomic E-state index is -0.420. The van der Waals surface area contributed by atoms with Crippen LogP contribution in [0.2, 0.25) is 5.02 Å². The van der Waals surface area contributed by atoms with Gasteiger partial charge >= 0.3 is 0 Å². The maximum absolute atomic E-state index is 13.6. The van der Waals surface area contributed by atoms with Gasteiger partial charge in [-0.1, -0.05) is 35.9 Å². The Bertz CT molecular complexity index is 961. The molecule has 27 heavy (non-hydrogen) atoms. The number of halogens is 2. The number of ether oxygens (including phenoxy) is 1. The molecule has 3 aromatic rings. The van der Waals surface area contributed by atoms with E-state index in [-0.39, 0.29) is 18.3 Å². The second-order valence-electron chi connectivity index (χ2n) is 5.95. The summed E-state index contributed by atoms with van der Waals surface area (Å²) in [6.45, 7) is 2.33. The van der Waals surface area contributed by atoms with Crippen molar-refractivity contribution in [1.29, 1.82) is 0 Å². The molecule has 0 aliphatic carbocycles. The zero-order valence-electron chi connectivity index (χ0n) is 14.9. The third kappa shape index (κ3) is 4.64. The molecular formula is C20H18ClFN2O2S. The van der Waals surface area contributed by atoms with E-state index in [0.29, 0.717) is 22.1 Å². The molecule has 0 bridgehead atoms. The van der Waals surface area contributed by atoms with Crippen LogP contribution in [0.1, 0.15) is 15.4 Å². The fourth-order valence-corrected chi connectivity index (χ4v) is 3.72. The first-order chi connectivity index (χ1) is 13.0. The Morgan fingerprint density at radius 1 is 1.26 bits per heavy atom. The van der Waals surface area contributed by atoms with Gasteiger partial charge in [-0.05, 0) is 31.2 Å². The lowest BCUT2D eigenvalue weighted by Gasteiger charge is -2.17. The fraction of sp³-hybridized carbons (Fsp3) is 0.200. The van der Waals surface area contributed by atoms with E-state index in [2.05, 4.69) is 4.98 Å². The molecule has 0 aliphatic rings. The third-order valence-corrected chi connectivity index (χ3v) is 5.36. The minimum Gasteiger partial charge on any atom is -0.489 e. The molecule has 1 aromatic heterocycles. The van der Waals surface area contributed by atoms with E-state index < -0.39 is 5.82 Å². The van der Waals surface area contributed by atoms with Gasteiger partial charge in [0.25, 0.3) is 5.91 Å². The van der Waals surface area contributed by atoms with E-state index in [1.807, 2.05) is 25.1 Å². The molecule has 1 amide bonds. The molecule has 0 N–H and O–H groups in total. The molecule has 0 atom stereocenters. The molecule has 2 aromatic carbocycles. The lowest BCUT2D eigenvalue weighted by atomic mass is 10.2. The number of likely N-dealkylation sites (N-methyl/N-ethyl adjacent to an activating group) is 1. The second-order valence-corrected chi connectivity index (χ2v) is 7.38. The summed E-state index contributed by atoms with van der Waals surface area (Å²) in [5.74, 6) is -0.387. The maximum atomic E-state index is 13.6. The molecule has 0 spiro atoms. The van der Waals surface area contributed by atoms with Crippen molar-refractivity contribution in [2.45, 2.75) is 6.92 Å². The van der Waals surface area contributed by atoms with E-state index in [4.69, 9.17) is 16.3 Å². The average molecular weight is 405 g/mol. The summed E-state index contributed by atoms with van der Waals surface area (Å²) in [7, 11) is 1.69. The first-order valence-electron chi connectivity index (χ1n) is 8.32. The van der Waals surface area contributed by atoms with Crippen molar-refractivity contribution in [3.63, 3.8) is 0 Å².